The molecule has 0 radical (unpaired) electrons. The lowest BCUT2D eigenvalue weighted by molar-refractivity contribution is -0.275. The van der Waals surface area contributed by atoms with Gasteiger partial charge in [0.2, 0.25) is 0 Å². The van der Waals surface area contributed by atoms with Gasteiger partial charge in [-0.15, -0.1) is 13.2 Å². The van der Waals surface area contributed by atoms with Crippen molar-refractivity contribution in [2.45, 2.75) is 6.36 Å². The summed E-state index contributed by atoms with van der Waals surface area (Å²) in [6.07, 6.45) is -4.97. The Kier molecular flexibility index (Phi) is 4.56. The molecule has 0 atom stereocenters. The van der Waals surface area contributed by atoms with Crippen molar-refractivity contribution in [1.82, 2.24) is 0 Å². The molecule has 112 valence electrons. The highest BCUT2D eigenvalue weighted by atomic mass is 35.5. The Morgan fingerprint density at radius 1 is 0.905 bits per heavy atom. The number of halogens is 7. The largest absolute Gasteiger partial charge is 0.573 e. The lowest BCUT2D eigenvalue weighted by Crippen LogP contribution is -2.17. The Morgan fingerprint density at radius 3 is 1.95 bits per heavy atom. The van der Waals surface area contributed by atoms with Crippen LogP contribution in [0.3, 0.4) is 0 Å². The van der Waals surface area contributed by atoms with E-state index < -0.39 is 17.9 Å². The minimum atomic E-state index is -4.97. The second kappa shape index (κ2) is 5.91. The number of rotatable bonds is 2. The molecule has 0 fully saturated rings. The molecule has 2 rings (SSSR count). The van der Waals surface area contributed by atoms with Gasteiger partial charge >= 0.3 is 6.36 Å². The number of hydrogen-bond donors (Lipinski definition) is 0. The maximum atomic E-state index is 13.7. The molecule has 0 spiro atoms. The molecule has 0 aromatic heterocycles. The Hall–Kier alpha value is -1.17. The van der Waals surface area contributed by atoms with Crippen LogP contribution in [0.25, 0.3) is 11.1 Å². The van der Waals surface area contributed by atoms with Crippen molar-refractivity contribution in [3.05, 3.63) is 51.2 Å². The van der Waals surface area contributed by atoms with Crippen molar-refractivity contribution in [2.24, 2.45) is 0 Å². The minimum absolute atomic E-state index is 0.149. The summed E-state index contributed by atoms with van der Waals surface area (Å²) < 4.78 is 53.4. The van der Waals surface area contributed by atoms with Crippen molar-refractivity contribution >= 4 is 34.8 Å². The number of benzene rings is 2. The smallest absolute Gasteiger partial charge is 0.403 e. The number of hydrogen-bond acceptors (Lipinski definition) is 1. The van der Waals surface area contributed by atoms with E-state index in [0.717, 1.165) is 12.1 Å². The third kappa shape index (κ3) is 3.93. The zero-order valence-corrected chi connectivity index (χ0v) is 12.2. The average molecular weight is 360 g/mol. The zero-order chi connectivity index (χ0) is 15.8. The van der Waals surface area contributed by atoms with Crippen LogP contribution in [0.2, 0.25) is 15.1 Å². The quantitative estimate of drug-likeness (QED) is 0.568. The molecule has 0 N–H and O–H groups in total. The van der Waals surface area contributed by atoms with E-state index in [1.165, 1.54) is 18.2 Å². The summed E-state index contributed by atoms with van der Waals surface area (Å²) in [6, 6.07) is 5.69. The highest BCUT2D eigenvalue weighted by molar-refractivity contribution is 6.41. The number of alkyl halides is 3. The van der Waals surface area contributed by atoms with E-state index in [1.807, 2.05) is 0 Å². The normalized spacial score (nSPS) is 11.6. The van der Waals surface area contributed by atoms with Crippen LogP contribution in [0.1, 0.15) is 0 Å². The fraction of sp³-hybridized carbons (Fsp3) is 0.0769. The fourth-order valence-electron chi connectivity index (χ4n) is 1.68. The van der Waals surface area contributed by atoms with Gasteiger partial charge in [0.05, 0.1) is 10.0 Å². The molecule has 0 amide bonds. The first-order chi connectivity index (χ1) is 9.67. The van der Waals surface area contributed by atoms with E-state index in [4.69, 9.17) is 34.8 Å². The highest BCUT2D eigenvalue weighted by Gasteiger charge is 2.32. The van der Waals surface area contributed by atoms with E-state index in [9.17, 15) is 17.6 Å². The van der Waals surface area contributed by atoms with E-state index in [1.54, 1.807) is 0 Å². The molecule has 0 saturated carbocycles. The van der Waals surface area contributed by atoms with E-state index in [2.05, 4.69) is 4.74 Å². The molecule has 0 aliphatic heterocycles. The lowest BCUT2D eigenvalue weighted by Gasteiger charge is -2.12. The van der Waals surface area contributed by atoms with Crippen molar-refractivity contribution in [1.29, 1.82) is 0 Å². The van der Waals surface area contributed by atoms with Gasteiger partial charge in [0.25, 0.3) is 0 Å². The van der Waals surface area contributed by atoms with E-state index in [-0.39, 0.29) is 26.2 Å². The monoisotopic (exact) mass is 358 g/mol. The summed E-state index contributed by atoms with van der Waals surface area (Å²) in [5, 5.41) is 0.582. The summed E-state index contributed by atoms with van der Waals surface area (Å²) in [5.41, 5.74) is 0.467. The molecule has 8 heteroatoms. The summed E-state index contributed by atoms with van der Waals surface area (Å²) in [4.78, 5) is 0. The molecular weight excluding hydrogens is 354 g/mol. The van der Waals surface area contributed by atoms with Crippen LogP contribution in [-0.4, -0.2) is 6.36 Å². The summed E-state index contributed by atoms with van der Waals surface area (Å²) in [5.74, 6) is -2.13. The lowest BCUT2D eigenvalue weighted by atomic mass is 10.1. The summed E-state index contributed by atoms with van der Waals surface area (Å²) in [7, 11) is 0. The maximum Gasteiger partial charge on any atom is 0.573 e. The van der Waals surface area contributed by atoms with Gasteiger partial charge in [-0.05, 0) is 29.8 Å². The molecule has 0 aliphatic rings. The molecule has 1 nitrogen and oxygen atoms in total. The second-order valence-corrected chi connectivity index (χ2v) is 5.19. The van der Waals surface area contributed by atoms with Crippen LogP contribution < -0.4 is 4.74 Å². The molecule has 0 saturated heterocycles. The molecule has 0 heterocycles. The molecular formula is C13H5Cl3F4O. The van der Waals surface area contributed by atoms with Crippen LogP contribution in [0.4, 0.5) is 17.6 Å². The Labute approximate surface area is 132 Å². The fourth-order valence-corrected chi connectivity index (χ4v) is 2.72. The number of ether oxygens (including phenoxy) is 1. The molecule has 2 aromatic rings. The van der Waals surface area contributed by atoms with Crippen LogP contribution >= 0.6 is 34.8 Å². The molecule has 2 aromatic carbocycles. The summed E-state index contributed by atoms with van der Waals surface area (Å²) >= 11 is 17.7. The third-order valence-corrected chi connectivity index (χ3v) is 3.27. The van der Waals surface area contributed by atoms with Gasteiger partial charge in [-0.2, -0.15) is 0 Å². The topological polar surface area (TPSA) is 9.23 Å². The maximum absolute atomic E-state index is 13.7. The Balaban J connectivity index is 2.46. The van der Waals surface area contributed by atoms with Crippen molar-refractivity contribution < 1.29 is 22.3 Å². The first-order valence-corrected chi connectivity index (χ1v) is 6.51. The van der Waals surface area contributed by atoms with Gasteiger partial charge in [0.15, 0.2) is 11.6 Å². The predicted molar refractivity (Wildman–Crippen MR) is 73.5 cm³/mol. The van der Waals surface area contributed by atoms with E-state index >= 15 is 0 Å². The van der Waals surface area contributed by atoms with Crippen LogP contribution in [-0.2, 0) is 0 Å². The van der Waals surface area contributed by atoms with Crippen molar-refractivity contribution in [3.8, 4) is 16.9 Å². The average Bonchev–Trinajstić information content (AvgIpc) is 2.29. The van der Waals surface area contributed by atoms with Gasteiger partial charge in [0, 0.05) is 10.6 Å². The van der Waals surface area contributed by atoms with Gasteiger partial charge in [0.1, 0.15) is 0 Å². The molecule has 0 bridgehead atoms. The van der Waals surface area contributed by atoms with Gasteiger partial charge in [-0.25, -0.2) is 4.39 Å². The third-order valence-electron chi connectivity index (χ3n) is 2.45. The first kappa shape index (κ1) is 16.2. The second-order valence-electron chi connectivity index (χ2n) is 3.94. The van der Waals surface area contributed by atoms with Gasteiger partial charge in [-0.3, -0.25) is 0 Å². The first-order valence-electron chi connectivity index (χ1n) is 5.37. The predicted octanol–water partition coefficient (Wildman–Crippen LogP) is 6.35. The van der Waals surface area contributed by atoms with Gasteiger partial charge in [-0.1, -0.05) is 40.9 Å². The minimum Gasteiger partial charge on any atom is -0.403 e. The Bertz CT molecular complexity index is 663. The molecule has 0 aliphatic carbocycles. The molecule has 21 heavy (non-hydrogen) atoms. The highest BCUT2D eigenvalue weighted by Crippen LogP contribution is 2.38. The van der Waals surface area contributed by atoms with Crippen LogP contribution in [0.5, 0.6) is 5.75 Å². The Morgan fingerprint density at radius 2 is 1.48 bits per heavy atom. The van der Waals surface area contributed by atoms with Crippen LogP contribution in [0, 0.1) is 5.82 Å². The van der Waals surface area contributed by atoms with E-state index in [0.29, 0.717) is 0 Å². The standard InChI is InChI=1S/C13H5Cl3F4O/c14-7-4-8(15)12(9(16)5-7)6-1-2-11(10(17)3-6)21-13(18,19)20/h1-5H. The van der Waals surface area contributed by atoms with Crippen molar-refractivity contribution in [2.75, 3.05) is 0 Å². The van der Waals surface area contributed by atoms with Gasteiger partial charge < -0.3 is 4.74 Å². The van der Waals surface area contributed by atoms with Crippen LogP contribution in [0.15, 0.2) is 30.3 Å². The zero-order valence-electron chi connectivity index (χ0n) is 9.94. The SMILES string of the molecule is Fc1cc(-c2c(Cl)cc(Cl)cc2Cl)ccc1OC(F)(F)F. The molecule has 0 unspecified atom stereocenters. The van der Waals surface area contributed by atoms with Crippen molar-refractivity contribution in [3.63, 3.8) is 0 Å². The summed E-state index contributed by atoms with van der Waals surface area (Å²) in [6.45, 7) is 0.